The number of nitriles is 1. The van der Waals surface area contributed by atoms with Crippen LogP contribution >= 0.6 is 0 Å². The van der Waals surface area contributed by atoms with E-state index in [0.717, 1.165) is 6.07 Å². The van der Waals surface area contributed by atoms with Gasteiger partial charge in [-0.1, -0.05) is 12.1 Å². The Labute approximate surface area is 118 Å². The SMILES string of the molecule is N#Cc1cccc(Oc2cccc([N+](=O)[O-])c2C(=O)O)n1. The third-order valence-corrected chi connectivity index (χ3v) is 2.47. The Morgan fingerprint density at radius 2 is 2.05 bits per heavy atom. The van der Waals surface area contributed by atoms with Crippen LogP contribution < -0.4 is 4.74 Å². The molecule has 0 saturated carbocycles. The number of nitrogens with zero attached hydrogens (tertiary/aromatic N) is 3. The smallest absolute Gasteiger partial charge is 0.346 e. The van der Waals surface area contributed by atoms with Crippen molar-refractivity contribution < 1.29 is 19.6 Å². The highest BCUT2D eigenvalue weighted by Crippen LogP contribution is 2.31. The quantitative estimate of drug-likeness (QED) is 0.674. The van der Waals surface area contributed by atoms with Gasteiger partial charge >= 0.3 is 5.97 Å². The summed E-state index contributed by atoms with van der Waals surface area (Å²) in [6, 6.07) is 9.79. The molecule has 0 saturated heterocycles. The summed E-state index contributed by atoms with van der Waals surface area (Å²) in [4.78, 5) is 25.1. The summed E-state index contributed by atoms with van der Waals surface area (Å²) in [5, 5.41) is 28.7. The molecule has 2 rings (SSSR count). The zero-order valence-electron chi connectivity index (χ0n) is 10.4. The Bertz CT molecular complexity index is 767. The van der Waals surface area contributed by atoms with Gasteiger partial charge in [-0.05, 0) is 12.1 Å². The Balaban J connectivity index is 2.49. The van der Waals surface area contributed by atoms with Gasteiger partial charge < -0.3 is 9.84 Å². The summed E-state index contributed by atoms with van der Waals surface area (Å²) in [5.41, 5.74) is -1.09. The van der Waals surface area contributed by atoms with Gasteiger partial charge in [0.1, 0.15) is 11.8 Å². The van der Waals surface area contributed by atoms with Crippen LogP contribution in [-0.4, -0.2) is 21.0 Å². The second kappa shape index (κ2) is 5.66. The summed E-state index contributed by atoms with van der Waals surface area (Å²) in [6.45, 7) is 0. The number of ether oxygens (including phenoxy) is 1. The molecule has 0 aliphatic rings. The van der Waals surface area contributed by atoms with Crippen LogP contribution in [0, 0.1) is 21.4 Å². The third-order valence-electron chi connectivity index (χ3n) is 2.47. The molecule has 0 spiro atoms. The summed E-state index contributed by atoms with van der Waals surface area (Å²) < 4.78 is 5.26. The first-order valence-corrected chi connectivity index (χ1v) is 5.58. The fourth-order valence-electron chi connectivity index (χ4n) is 1.62. The maximum atomic E-state index is 11.2. The van der Waals surface area contributed by atoms with Gasteiger partial charge in [-0.25, -0.2) is 9.78 Å². The van der Waals surface area contributed by atoms with Crippen molar-refractivity contribution in [2.45, 2.75) is 0 Å². The lowest BCUT2D eigenvalue weighted by Gasteiger charge is -2.08. The van der Waals surface area contributed by atoms with Gasteiger partial charge in [0.15, 0.2) is 11.3 Å². The molecule has 0 aliphatic heterocycles. The standard InChI is InChI=1S/C13H7N3O5/c14-7-8-3-1-6-11(15-8)21-10-5-2-4-9(16(19)20)12(10)13(17)18/h1-6H,(H,17,18). The fourth-order valence-corrected chi connectivity index (χ4v) is 1.62. The van der Waals surface area contributed by atoms with E-state index < -0.39 is 22.1 Å². The van der Waals surface area contributed by atoms with E-state index in [2.05, 4.69) is 4.98 Å². The minimum atomic E-state index is -1.49. The van der Waals surface area contributed by atoms with Crippen molar-refractivity contribution in [1.29, 1.82) is 5.26 Å². The number of carboxylic acids is 1. The van der Waals surface area contributed by atoms with Gasteiger partial charge in [0, 0.05) is 12.1 Å². The second-order valence-electron chi connectivity index (χ2n) is 3.79. The molecule has 0 bridgehead atoms. The predicted octanol–water partition coefficient (Wildman–Crippen LogP) is 2.35. The number of benzene rings is 1. The first kappa shape index (κ1) is 14.0. The zero-order chi connectivity index (χ0) is 15.4. The van der Waals surface area contributed by atoms with Crippen LogP contribution in [-0.2, 0) is 0 Å². The number of rotatable bonds is 4. The highest BCUT2D eigenvalue weighted by molar-refractivity contribution is 5.95. The molecule has 8 heteroatoms. The van der Waals surface area contributed by atoms with Gasteiger partial charge in [-0.3, -0.25) is 10.1 Å². The number of aromatic carboxylic acids is 1. The Morgan fingerprint density at radius 1 is 1.33 bits per heavy atom. The molecule has 0 atom stereocenters. The van der Waals surface area contributed by atoms with Crippen LogP contribution in [0.1, 0.15) is 16.1 Å². The van der Waals surface area contributed by atoms with Crippen molar-refractivity contribution in [3.05, 3.63) is 57.8 Å². The van der Waals surface area contributed by atoms with Gasteiger partial charge in [-0.15, -0.1) is 0 Å². The Hall–Kier alpha value is -3.47. The van der Waals surface area contributed by atoms with Gasteiger partial charge in [0.25, 0.3) is 5.69 Å². The van der Waals surface area contributed by atoms with E-state index in [1.807, 2.05) is 0 Å². The molecule has 1 heterocycles. The molecule has 2 aromatic rings. The molecule has 21 heavy (non-hydrogen) atoms. The lowest BCUT2D eigenvalue weighted by Crippen LogP contribution is -2.05. The van der Waals surface area contributed by atoms with Gasteiger partial charge in [0.2, 0.25) is 5.88 Å². The number of hydrogen-bond acceptors (Lipinski definition) is 6. The van der Waals surface area contributed by atoms with E-state index in [1.165, 1.54) is 30.3 Å². The molecule has 8 nitrogen and oxygen atoms in total. The molecule has 0 aliphatic carbocycles. The number of pyridine rings is 1. The van der Waals surface area contributed by atoms with E-state index in [-0.39, 0.29) is 17.3 Å². The number of aromatic nitrogens is 1. The monoisotopic (exact) mass is 285 g/mol. The van der Waals surface area contributed by atoms with Crippen molar-refractivity contribution in [1.82, 2.24) is 4.98 Å². The molecular weight excluding hydrogens is 278 g/mol. The highest BCUT2D eigenvalue weighted by atomic mass is 16.6. The topological polar surface area (TPSA) is 126 Å². The fraction of sp³-hybridized carbons (Fsp3) is 0. The predicted molar refractivity (Wildman–Crippen MR) is 69.1 cm³/mol. The first-order valence-electron chi connectivity index (χ1n) is 5.58. The summed E-state index contributed by atoms with van der Waals surface area (Å²) in [7, 11) is 0. The van der Waals surface area contributed by atoms with Crippen LogP contribution in [0.5, 0.6) is 11.6 Å². The lowest BCUT2D eigenvalue weighted by molar-refractivity contribution is -0.385. The molecule has 1 aromatic heterocycles. The molecule has 0 radical (unpaired) electrons. The van der Waals surface area contributed by atoms with Crippen LogP contribution in [0.4, 0.5) is 5.69 Å². The molecule has 104 valence electrons. The molecule has 0 fully saturated rings. The second-order valence-corrected chi connectivity index (χ2v) is 3.79. The largest absolute Gasteiger partial charge is 0.477 e. The minimum absolute atomic E-state index is 0.0305. The summed E-state index contributed by atoms with van der Waals surface area (Å²) in [6.07, 6.45) is 0. The molecule has 0 amide bonds. The first-order chi connectivity index (χ1) is 10.0. The average Bonchev–Trinajstić information content (AvgIpc) is 2.46. The molecule has 1 aromatic carbocycles. The van der Waals surface area contributed by atoms with E-state index >= 15 is 0 Å². The van der Waals surface area contributed by atoms with Crippen LogP contribution in [0.3, 0.4) is 0 Å². The van der Waals surface area contributed by atoms with Crippen molar-refractivity contribution >= 4 is 11.7 Å². The van der Waals surface area contributed by atoms with Crippen LogP contribution in [0.2, 0.25) is 0 Å². The maximum absolute atomic E-state index is 11.2. The third kappa shape index (κ3) is 2.93. The average molecular weight is 285 g/mol. The van der Waals surface area contributed by atoms with E-state index in [9.17, 15) is 14.9 Å². The number of nitro groups is 1. The molecular formula is C13H7N3O5. The van der Waals surface area contributed by atoms with Crippen molar-refractivity contribution in [2.75, 3.05) is 0 Å². The minimum Gasteiger partial charge on any atom is -0.477 e. The molecule has 1 N–H and O–H groups in total. The van der Waals surface area contributed by atoms with E-state index in [4.69, 9.17) is 15.1 Å². The number of nitro benzene ring substituents is 1. The molecule has 0 unspecified atom stereocenters. The number of carboxylic acid groups (broad SMARTS) is 1. The highest BCUT2D eigenvalue weighted by Gasteiger charge is 2.25. The van der Waals surface area contributed by atoms with Gasteiger partial charge in [-0.2, -0.15) is 5.26 Å². The normalized spacial score (nSPS) is 9.67. The van der Waals surface area contributed by atoms with Crippen LogP contribution in [0.25, 0.3) is 0 Å². The number of hydrogen-bond donors (Lipinski definition) is 1. The van der Waals surface area contributed by atoms with Crippen molar-refractivity contribution in [3.8, 4) is 17.7 Å². The van der Waals surface area contributed by atoms with E-state index in [0.29, 0.717) is 0 Å². The lowest BCUT2D eigenvalue weighted by atomic mass is 10.1. The summed E-state index contributed by atoms with van der Waals surface area (Å²) in [5.74, 6) is -1.75. The van der Waals surface area contributed by atoms with Crippen molar-refractivity contribution in [2.24, 2.45) is 0 Å². The number of carbonyl (C=O) groups is 1. The van der Waals surface area contributed by atoms with Crippen molar-refractivity contribution in [3.63, 3.8) is 0 Å². The van der Waals surface area contributed by atoms with Crippen LogP contribution in [0.15, 0.2) is 36.4 Å². The maximum Gasteiger partial charge on any atom is 0.346 e. The zero-order valence-corrected chi connectivity index (χ0v) is 10.4. The Kier molecular flexibility index (Phi) is 3.76. The summed E-state index contributed by atoms with van der Waals surface area (Å²) >= 11 is 0. The van der Waals surface area contributed by atoms with E-state index in [1.54, 1.807) is 6.07 Å². The van der Waals surface area contributed by atoms with Gasteiger partial charge in [0.05, 0.1) is 4.92 Å². The Morgan fingerprint density at radius 3 is 2.67 bits per heavy atom.